The lowest BCUT2D eigenvalue weighted by molar-refractivity contribution is 0.0473. The number of ether oxygens (including phenoxy) is 3. The van der Waals surface area contributed by atoms with Crippen LogP contribution in [0.25, 0.3) is 21.7 Å². The Kier molecular flexibility index (Phi) is 4.91. The van der Waals surface area contributed by atoms with Gasteiger partial charge in [0.25, 0.3) is 0 Å². The molecule has 0 saturated carbocycles. The number of hydrogen-bond donors (Lipinski definition) is 0. The number of benzene rings is 3. The highest BCUT2D eigenvalue weighted by molar-refractivity contribution is 6.07. The molecule has 0 fully saturated rings. The van der Waals surface area contributed by atoms with Gasteiger partial charge in [-0.15, -0.1) is 0 Å². The van der Waals surface area contributed by atoms with Crippen LogP contribution in [0.4, 0.5) is 0 Å². The van der Waals surface area contributed by atoms with Crippen LogP contribution in [-0.4, -0.2) is 20.2 Å². The van der Waals surface area contributed by atoms with Crippen molar-refractivity contribution in [2.45, 2.75) is 6.61 Å². The molecule has 0 bridgehead atoms. The molecule has 0 radical (unpaired) electrons. The Morgan fingerprint density at radius 2 is 1.72 bits per heavy atom. The van der Waals surface area contributed by atoms with Gasteiger partial charge in [-0.25, -0.2) is 9.59 Å². The van der Waals surface area contributed by atoms with Crippen molar-refractivity contribution in [3.05, 3.63) is 82.2 Å². The van der Waals surface area contributed by atoms with Gasteiger partial charge in [0.15, 0.2) is 11.5 Å². The van der Waals surface area contributed by atoms with Crippen LogP contribution in [0.5, 0.6) is 11.5 Å². The van der Waals surface area contributed by atoms with E-state index in [0.29, 0.717) is 28.2 Å². The second kappa shape index (κ2) is 7.67. The zero-order valence-corrected chi connectivity index (χ0v) is 15.9. The van der Waals surface area contributed by atoms with E-state index in [4.69, 9.17) is 18.6 Å². The molecule has 146 valence electrons. The van der Waals surface area contributed by atoms with E-state index in [1.54, 1.807) is 24.3 Å². The monoisotopic (exact) mass is 390 g/mol. The van der Waals surface area contributed by atoms with Crippen LogP contribution in [-0.2, 0) is 11.3 Å². The molecular formula is C23H18O6. The van der Waals surface area contributed by atoms with E-state index in [1.807, 2.05) is 30.3 Å². The first-order chi connectivity index (χ1) is 14.1. The summed E-state index contributed by atoms with van der Waals surface area (Å²) in [5.41, 5.74) is 0.861. The van der Waals surface area contributed by atoms with Crippen molar-refractivity contribution in [1.29, 1.82) is 0 Å². The molecule has 0 N–H and O–H groups in total. The molecule has 1 aromatic heterocycles. The second-order valence-electron chi connectivity index (χ2n) is 6.40. The molecule has 0 aliphatic rings. The molecule has 29 heavy (non-hydrogen) atoms. The maximum absolute atomic E-state index is 12.6. The Morgan fingerprint density at radius 1 is 0.931 bits per heavy atom. The number of hydrogen-bond acceptors (Lipinski definition) is 6. The topological polar surface area (TPSA) is 75.0 Å². The molecule has 0 aliphatic carbocycles. The average Bonchev–Trinajstić information content (AvgIpc) is 2.76. The van der Waals surface area contributed by atoms with Gasteiger partial charge in [-0.1, -0.05) is 30.3 Å². The van der Waals surface area contributed by atoms with Crippen molar-refractivity contribution >= 4 is 27.7 Å². The van der Waals surface area contributed by atoms with E-state index in [1.165, 1.54) is 20.3 Å². The largest absolute Gasteiger partial charge is 0.493 e. The van der Waals surface area contributed by atoms with Gasteiger partial charge in [0.2, 0.25) is 0 Å². The predicted molar refractivity (Wildman–Crippen MR) is 109 cm³/mol. The fourth-order valence-electron chi connectivity index (χ4n) is 3.32. The number of esters is 1. The minimum atomic E-state index is -0.535. The number of methoxy groups -OCH3 is 2. The lowest BCUT2D eigenvalue weighted by atomic mass is 10.0. The van der Waals surface area contributed by atoms with Crippen LogP contribution in [0.1, 0.15) is 15.9 Å². The average molecular weight is 390 g/mol. The fraction of sp³-hybridized carbons (Fsp3) is 0.130. The molecule has 0 saturated heterocycles. The third-order valence-corrected chi connectivity index (χ3v) is 4.69. The SMILES string of the molecule is COc1ccc(C(=O)OCc2cc(=O)oc3ccc4ccccc4c23)cc1OC. The maximum Gasteiger partial charge on any atom is 0.338 e. The summed E-state index contributed by atoms with van der Waals surface area (Å²) in [7, 11) is 3.01. The minimum absolute atomic E-state index is 0.0662. The van der Waals surface area contributed by atoms with Gasteiger partial charge in [-0.05, 0) is 35.0 Å². The van der Waals surface area contributed by atoms with Crippen molar-refractivity contribution < 1.29 is 23.4 Å². The molecule has 0 unspecified atom stereocenters. The Morgan fingerprint density at radius 3 is 2.52 bits per heavy atom. The Bertz CT molecular complexity index is 1270. The molecule has 6 heteroatoms. The maximum atomic E-state index is 12.6. The van der Waals surface area contributed by atoms with Crippen LogP contribution in [0.3, 0.4) is 0 Å². The standard InChI is InChI=1S/C23H18O6/c1-26-18-9-8-15(11-20(18)27-2)23(25)28-13-16-12-21(24)29-19-10-7-14-5-3-4-6-17(14)22(16)19/h3-12H,13H2,1-2H3. The Labute approximate surface area is 166 Å². The van der Waals surface area contributed by atoms with E-state index in [-0.39, 0.29) is 6.61 Å². The highest BCUT2D eigenvalue weighted by atomic mass is 16.5. The molecule has 1 heterocycles. The summed E-state index contributed by atoms with van der Waals surface area (Å²) < 4.78 is 21.2. The summed E-state index contributed by atoms with van der Waals surface area (Å²) in [5, 5.41) is 2.68. The Hall–Kier alpha value is -3.80. The first-order valence-electron chi connectivity index (χ1n) is 8.94. The highest BCUT2D eigenvalue weighted by Gasteiger charge is 2.15. The fourth-order valence-corrected chi connectivity index (χ4v) is 3.32. The molecule has 3 aromatic carbocycles. The molecule has 0 spiro atoms. The van der Waals surface area contributed by atoms with Crippen LogP contribution in [0.2, 0.25) is 0 Å². The zero-order chi connectivity index (χ0) is 20.4. The molecule has 6 nitrogen and oxygen atoms in total. The van der Waals surface area contributed by atoms with Gasteiger partial charge in [0.05, 0.1) is 19.8 Å². The lowest BCUT2D eigenvalue weighted by Crippen LogP contribution is -2.08. The summed E-state index contributed by atoms with van der Waals surface area (Å²) in [6.45, 7) is -0.0662. The normalized spacial score (nSPS) is 10.8. The van der Waals surface area contributed by atoms with Crippen molar-refractivity contribution in [3.8, 4) is 11.5 Å². The van der Waals surface area contributed by atoms with Gasteiger partial charge in [-0.3, -0.25) is 0 Å². The van der Waals surface area contributed by atoms with E-state index >= 15 is 0 Å². The van der Waals surface area contributed by atoms with Crippen molar-refractivity contribution in [3.63, 3.8) is 0 Å². The number of carbonyl (C=O) groups is 1. The summed E-state index contributed by atoms with van der Waals surface area (Å²) in [5.74, 6) is 0.411. The number of carbonyl (C=O) groups excluding carboxylic acids is 1. The minimum Gasteiger partial charge on any atom is -0.493 e. The first-order valence-corrected chi connectivity index (χ1v) is 8.94. The third-order valence-electron chi connectivity index (χ3n) is 4.69. The second-order valence-corrected chi connectivity index (χ2v) is 6.40. The van der Waals surface area contributed by atoms with Crippen LogP contribution >= 0.6 is 0 Å². The smallest absolute Gasteiger partial charge is 0.338 e. The highest BCUT2D eigenvalue weighted by Crippen LogP contribution is 2.29. The van der Waals surface area contributed by atoms with Crippen LogP contribution < -0.4 is 15.1 Å². The van der Waals surface area contributed by atoms with Gasteiger partial charge in [-0.2, -0.15) is 0 Å². The van der Waals surface area contributed by atoms with Crippen molar-refractivity contribution in [2.75, 3.05) is 14.2 Å². The predicted octanol–water partition coefficient (Wildman–Crippen LogP) is 4.32. The van der Waals surface area contributed by atoms with Crippen molar-refractivity contribution in [2.24, 2.45) is 0 Å². The molecular weight excluding hydrogens is 372 g/mol. The molecule has 0 amide bonds. The van der Waals surface area contributed by atoms with E-state index in [9.17, 15) is 9.59 Å². The summed E-state index contributed by atoms with van der Waals surface area (Å²) >= 11 is 0. The third kappa shape index (κ3) is 3.52. The zero-order valence-electron chi connectivity index (χ0n) is 15.9. The number of rotatable bonds is 5. The molecule has 4 rings (SSSR count). The van der Waals surface area contributed by atoms with E-state index in [2.05, 4.69) is 0 Å². The summed E-state index contributed by atoms with van der Waals surface area (Å²) in [4.78, 5) is 24.5. The molecule has 4 aromatic rings. The van der Waals surface area contributed by atoms with Gasteiger partial charge < -0.3 is 18.6 Å². The summed E-state index contributed by atoms with van der Waals surface area (Å²) in [6.07, 6.45) is 0. The van der Waals surface area contributed by atoms with E-state index in [0.717, 1.165) is 16.2 Å². The van der Waals surface area contributed by atoms with Crippen molar-refractivity contribution in [1.82, 2.24) is 0 Å². The van der Waals surface area contributed by atoms with Crippen LogP contribution in [0, 0.1) is 0 Å². The van der Waals surface area contributed by atoms with Gasteiger partial charge in [0.1, 0.15) is 12.2 Å². The summed E-state index contributed by atoms with van der Waals surface area (Å²) in [6, 6.07) is 17.5. The van der Waals surface area contributed by atoms with Crippen LogP contribution in [0.15, 0.2) is 69.9 Å². The van der Waals surface area contributed by atoms with Gasteiger partial charge in [0, 0.05) is 17.0 Å². The first kappa shape index (κ1) is 18.6. The van der Waals surface area contributed by atoms with Gasteiger partial charge >= 0.3 is 11.6 Å². The lowest BCUT2D eigenvalue weighted by Gasteiger charge is -2.11. The number of fused-ring (bicyclic) bond motifs is 3. The molecule has 0 aliphatic heterocycles. The molecule has 0 atom stereocenters. The quantitative estimate of drug-likeness (QED) is 0.287. The Balaban J connectivity index is 1.69. The van der Waals surface area contributed by atoms with E-state index < -0.39 is 11.6 Å².